The third-order valence-electron chi connectivity index (χ3n) is 1.93. The zero-order chi connectivity index (χ0) is 13.1. The summed E-state index contributed by atoms with van der Waals surface area (Å²) in [6.07, 6.45) is 1.53. The van der Waals surface area contributed by atoms with E-state index in [0.29, 0.717) is 5.76 Å². The van der Waals surface area contributed by atoms with Gasteiger partial charge in [-0.3, -0.25) is 0 Å². The second-order valence-corrected chi connectivity index (χ2v) is 13.5. The van der Waals surface area contributed by atoms with Crippen LogP contribution in [0.1, 0.15) is 41.5 Å². The van der Waals surface area contributed by atoms with Crippen LogP contribution in [0.15, 0.2) is 11.8 Å². The first-order valence-corrected chi connectivity index (χ1v) is 13.5. The SMILES string of the molecule is CC(C)(C)C(=O)/C=C(\[O][Sn]([Cl])[Cl])C(C)(C)C. The van der Waals surface area contributed by atoms with Gasteiger partial charge in [0.2, 0.25) is 0 Å². The Hall–Kier alpha value is 0.589. The predicted molar refractivity (Wildman–Crippen MR) is 70.5 cm³/mol. The molecule has 0 amide bonds. The number of carbonyl (C=O) groups is 1. The Balaban J connectivity index is 5.06. The molecule has 16 heavy (non-hydrogen) atoms. The molecule has 0 N–H and O–H groups in total. The standard InChI is InChI=1S/C11H20O2.2ClH.Sn/c1-10(2,3)8(12)7-9(13)11(4,5)6;;;/h7,12H,1-6H3;2*1H;/q;;;+3/p-3/b8-7-;;;. The van der Waals surface area contributed by atoms with Crippen molar-refractivity contribution >= 4 is 41.5 Å². The van der Waals surface area contributed by atoms with E-state index in [0.717, 1.165) is 0 Å². The molecule has 0 fully saturated rings. The van der Waals surface area contributed by atoms with Gasteiger partial charge in [0, 0.05) is 0 Å². The van der Waals surface area contributed by atoms with E-state index in [2.05, 4.69) is 0 Å². The minimum atomic E-state index is -2.74. The van der Waals surface area contributed by atoms with Gasteiger partial charge in [0.05, 0.1) is 0 Å². The fourth-order valence-corrected chi connectivity index (χ4v) is 3.45. The van der Waals surface area contributed by atoms with Crippen molar-refractivity contribution in [2.75, 3.05) is 0 Å². The van der Waals surface area contributed by atoms with Crippen LogP contribution in [-0.2, 0) is 7.87 Å². The molecule has 0 rings (SSSR count). The second-order valence-electron chi connectivity index (χ2n) is 5.70. The Labute approximate surface area is 113 Å². The first-order valence-electron chi connectivity index (χ1n) is 5.07. The zero-order valence-electron chi connectivity index (χ0n) is 10.6. The van der Waals surface area contributed by atoms with E-state index in [-0.39, 0.29) is 11.2 Å². The summed E-state index contributed by atoms with van der Waals surface area (Å²) in [5.41, 5.74) is -0.668. The van der Waals surface area contributed by atoms with Gasteiger partial charge in [-0.25, -0.2) is 0 Å². The van der Waals surface area contributed by atoms with E-state index in [1.165, 1.54) is 6.08 Å². The minimum absolute atomic E-state index is 0.0235. The average Bonchev–Trinajstić information content (AvgIpc) is 1.98. The van der Waals surface area contributed by atoms with E-state index in [1.54, 1.807) is 0 Å². The predicted octanol–water partition coefficient (Wildman–Crippen LogP) is 4.01. The summed E-state index contributed by atoms with van der Waals surface area (Å²) < 4.78 is 5.45. The molecular formula is C11H19Cl2O2Sn. The molecule has 5 heteroatoms. The van der Waals surface area contributed by atoms with Gasteiger partial charge in [-0.2, -0.15) is 0 Å². The van der Waals surface area contributed by atoms with Crippen LogP contribution in [0.25, 0.3) is 0 Å². The van der Waals surface area contributed by atoms with Crippen molar-refractivity contribution in [2.24, 2.45) is 10.8 Å². The third kappa shape index (κ3) is 6.35. The number of rotatable bonds is 3. The summed E-state index contributed by atoms with van der Waals surface area (Å²) in [6, 6.07) is 0. The van der Waals surface area contributed by atoms with Crippen molar-refractivity contribution in [3.8, 4) is 0 Å². The number of carbonyl (C=O) groups excluding carboxylic acids is 1. The van der Waals surface area contributed by atoms with Gasteiger partial charge in [-0.1, -0.05) is 0 Å². The van der Waals surface area contributed by atoms with Gasteiger partial charge < -0.3 is 0 Å². The van der Waals surface area contributed by atoms with E-state index >= 15 is 0 Å². The Bertz CT molecular complexity index is 285. The molecule has 0 spiro atoms. The van der Waals surface area contributed by atoms with Crippen molar-refractivity contribution in [2.45, 2.75) is 41.5 Å². The summed E-state index contributed by atoms with van der Waals surface area (Å²) in [5.74, 6) is 0.613. The number of allylic oxidation sites excluding steroid dienone is 2. The summed E-state index contributed by atoms with van der Waals surface area (Å²) in [6.45, 7) is 11.5. The van der Waals surface area contributed by atoms with Crippen molar-refractivity contribution in [3.63, 3.8) is 0 Å². The molecule has 0 saturated heterocycles. The number of hydrogen-bond donors (Lipinski definition) is 0. The third-order valence-corrected chi connectivity index (χ3v) is 4.03. The molecule has 0 aromatic rings. The fourth-order valence-electron chi connectivity index (χ4n) is 0.818. The average molecular weight is 373 g/mol. The molecule has 0 aromatic carbocycles. The van der Waals surface area contributed by atoms with Crippen LogP contribution in [-0.4, -0.2) is 23.7 Å². The Kier molecular flexibility index (Phi) is 6.18. The normalized spacial score (nSPS) is 14.2. The van der Waals surface area contributed by atoms with Crippen LogP contribution >= 0.6 is 17.8 Å². The van der Waals surface area contributed by atoms with Gasteiger partial charge in [-0.05, 0) is 0 Å². The van der Waals surface area contributed by atoms with Gasteiger partial charge in [-0.15, -0.1) is 0 Å². The van der Waals surface area contributed by atoms with Crippen molar-refractivity contribution < 1.29 is 7.87 Å². The van der Waals surface area contributed by atoms with Crippen LogP contribution in [0.3, 0.4) is 0 Å². The van der Waals surface area contributed by atoms with E-state index in [1.807, 2.05) is 41.5 Å². The first-order chi connectivity index (χ1) is 6.94. The number of ketones is 1. The number of hydrogen-bond acceptors (Lipinski definition) is 2. The molecule has 0 heterocycles. The van der Waals surface area contributed by atoms with E-state index in [9.17, 15) is 4.79 Å². The summed E-state index contributed by atoms with van der Waals surface area (Å²) in [4.78, 5) is 11.9. The Morgan fingerprint density at radius 3 is 1.75 bits per heavy atom. The summed E-state index contributed by atoms with van der Waals surface area (Å²) in [7, 11) is 11.5. The van der Waals surface area contributed by atoms with Crippen LogP contribution in [0.4, 0.5) is 0 Å². The van der Waals surface area contributed by atoms with Crippen molar-refractivity contribution in [1.82, 2.24) is 0 Å². The first kappa shape index (κ1) is 16.6. The zero-order valence-corrected chi connectivity index (χ0v) is 15.0. The fraction of sp³-hybridized carbons (Fsp3) is 0.727. The maximum absolute atomic E-state index is 11.9. The van der Waals surface area contributed by atoms with Gasteiger partial charge in [0.15, 0.2) is 0 Å². The van der Waals surface area contributed by atoms with Crippen molar-refractivity contribution in [3.05, 3.63) is 11.8 Å². The molecule has 0 aromatic heterocycles. The number of halogens is 2. The molecule has 93 valence electrons. The van der Waals surface area contributed by atoms with E-state index < -0.39 is 23.3 Å². The van der Waals surface area contributed by atoms with E-state index in [4.69, 9.17) is 20.9 Å². The van der Waals surface area contributed by atoms with Crippen molar-refractivity contribution in [1.29, 1.82) is 0 Å². The summed E-state index contributed by atoms with van der Waals surface area (Å²) in [5, 5.41) is 0. The van der Waals surface area contributed by atoms with Gasteiger partial charge in [0.25, 0.3) is 0 Å². The molecule has 2 nitrogen and oxygen atoms in total. The Morgan fingerprint density at radius 1 is 1.06 bits per heavy atom. The Morgan fingerprint density at radius 2 is 1.50 bits per heavy atom. The summed E-state index contributed by atoms with van der Waals surface area (Å²) >= 11 is -2.74. The second kappa shape index (κ2) is 5.96. The topological polar surface area (TPSA) is 26.3 Å². The molecule has 1 radical (unpaired) electrons. The molecule has 0 aliphatic carbocycles. The quantitative estimate of drug-likeness (QED) is 0.425. The van der Waals surface area contributed by atoms with Crippen LogP contribution in [0.5, 0.6) is 0 Å². The maximum atomic E-state index is 11.9. The molecule has 0 bridgehead atoms. The molecule has 0 aliphatic rings. The molecule has 0 saturated carbocycles. The van der Waals surface area contributed by atoms with Crippen LogP contribution < -0.4 is 0 Å². The van der Waals surface area contributed by atoms with Gasteiger partial charge in [0.1, 0.15) is 0 Å². The molecule has 0 aliphatic heterocycles. The van der Waals surface area contributed by atoms with Crippen LogP contribution in [0.2, 0.25) is 0 Å². The van der Waals surface area contributed by atoms with Gasteiger partial charge >= 0.3 is 114 Å². The molecular weight excluding hydrogens is 354 g/mol. The molecule has 0 unspecified atom stereocenters. The monoisotopic (exact) mass is 373 g/mol. The van der Waals surface area contributed by atoms with Crippen LogP contribution in [0, 0.1) is 10.8 Å². The molecule has 0 atom stereocenters.